The van der Waals surface area contributed by atoms with Gasteiger partial charge in [-0.25, -0.2) is 4.98 Å². The number of fused-ring (bicyclic) bond motifs is 1. The molecule has 0 aliphatic rings. The fraction of sp³-hybridized carbons (Fsp3) is 0.0714. The molecule has 0 radical (unpaired) electrons. The number of H-pyrrole nitrogens is 1. The van der Waals surface area contributed by atoms with Crippen LogP contribution in [0, 0.1) is 6.92 Å². The van der Waals surface area contributed by atoms with Gasteiger partial charge in [-0.05, 0) is 31.2 Å². The second-order valence-corrected chi connectivity index (χ2v) is 4.55. The van der Waals surface area contributed by atoms with E-state index in [-0.39, 0.29) is 0 Å². The van der Waals surface area contributed by atoms with Crippen molar-refractivity contribution in [3.05, 3.63) is 53.1 Å². The third-order valence-electron chi connectivity index (χ3n) is 2.74. The summed E-state index contributed by atoms with van der Waals surface area (Å²) in [4.78, 5) is 7.84. The molecule has 2 aromatic carbocycles. The lowest BCUT2D eigenvalue weighted by Gasteiger charge is -1.97. The summed E-state index contributed by atoms with van der Waals surface area (Å²) in [6.45, 7) is 2.07. The molecule has 17 heavy (non-hydrogen) atoms. The predicted octanol–water partition coefficient (Wildman–Crippen LogP) is 4.19. The highest BCUT2D eigenvalue weighted by Gasteiger charge is 2.05. The minimum atomic E-state index is 0.719. The third-order valence-corrected chi connectivity index (χ3v) is 2.97. The van der Waals surface area contributed by atoms with Crippen LogP contribution in [0.4, 0.5) is 0 Å². The maximum atomic E-state index is 5.95. The number of aromatic nitrogens is 2. The molecule has 0 atom stereocenters. The topological polar surface area (TPSA) is 28.7 Å². The molecule has 0 aliphatic carbocycles. The maximum absolute atomic E-state index is 5.95. The Morgan fingerprint density at radius 3 is 2.82 bits per heavy atom. The Hall–Kier alpha value is -1.80. The first-order valence-electron chi connectivity index (χ1n) is 5.45. The fourth-order valence-corrected chi connectivity index (χ4v) is 2.08. The quantitative estimate of drug-likeness (QED) is 0.681. The van der Waals surface area contributed by atoms with Crippen molar-refractivity contribution < 1.29 is 0 Å². The average Bonchev–Trinajstić information content (AvgIpc) is 2.72. The van der Waals surface area contributed by atoms with Crippen LogP contribution in [0.25, 0.3) is 22.4 Å². The van der Waals surface area contributed by atoms with Crippen molar-refractivity contribution >= 4 is 22.6 Å². The number of nitrogens with zero attached hydrogens (tertiary/aromatic N) is 1. The lowest BCUT2D eigenvalue weighted by molar-refractivity contribution is 1.32. The van der Waals surface area contributed by atoms with Crippen LogP contribution in [0.1, 0.15) is 5.56 Å². The highest BCUT2D eigenvalue weighted by Crippen LogP contribution is 2.23. The van der Waals surface area contributed by atoms with Crippen LogP contribution in [0.15, 0.2) is 42.5 Å². The van der Waals surface area contributed by atoms with Gasteiger partial charge in [-0.15, -0.1) is 0 Å². The monoisotopic (exact) mass is 242 g/mol. The second kappa shape index (κ2) is 3.90. The number of benzene rings is 2. The van der Waals surface area contributed by atoms with Crippen LogP contribution in [0.3, 0.4) is 0 Å². The van der Waals surface area contributed by atoms with Crippen molar-refractivity contribution in [1.82, 2.24) is 9.97 Å². The Balaban J connectivity index is 2.18. The van der Waals surface area contributed by atoms with Crippen LogP contribution in [0.2, 0.25) is 5.02 Å². The van der Waals surface area contributed by atoms with Gasteiger partial charge in [0.2, 0.25) is 0 Å². The van der Waals surface area contributed by atoms with E-state index in [0.717, 1.165) is 27.4 Å². The number of halogens is 1. The molecule has 3 aromatic rings. The number of rotatable bonds is 1. The molecule has 84 valence electrons. The Morgan fingerprint density at radius 1 is 1.12 bits per heavy atom. The van der Waals surface area contributed by atoms with E-state index in [1.165, 1.54) is 5.56 Å². The van der Waals surface area contributed by atoms with Gasteiger partial charge >= 0.3 is 0 Å². The average molecular weight is 243 g/mol. The summed E-state index contributed by atoms with van der Waals surface area (Å²) in [5.74, 6) is 0.881. The summed E-state index contributed by atoms with van der Waals surface area (Å²) in [7, 11) is 0. The van der Waals surface area contributed by atoms with E-state index < -0.39 is 0 Å². The first kappa shape index (κ1) is 10.4. The van der Waals surface area contributed by atoms with Gasteiger partial charge in [0.1, 0.15) is 5.82 Å². The van der Waals surface area contributed by atoms with Crippen LogP contribution >= 0.6 is 11.6 Å². The van der Waals surface area contributed by atoms with Crippen LogP contribution in [0.5, 0.6) is 0 Å². The molecule has 1 heterocycles. The standard InChI is InChI=1S/C14H11ClN2/c1-9-3-2-4-10(7-9)14-16-12-6-5-11(15)8-13(12)17-14/h2-8H,1H3,(H,16,17). The normalized spacial score (nSPS) is 10.9. The van der Waals surface area contributed by atoms with E-state index >= 15 is 0 Å². The van der Waals surface area contributed by atoms with Gasteiger partial charge < -0.3 is 4.98 Å². The summed E-state index contributed by atoms with van der Waals surface area (Å²) in [5, 5.41) is 0.719. The second-order valence-electron chi connectivity index (χ2n) is 4.12. The minimum absolute atomic E-state index is 0.719. The molecule has 0 unspecified atom stereocenters. The van der Waals surface area contributed by atoms with Gasteiger partial charge in [-0.1, -0.05) is 35.4 Å². The number of aryl methyl sites for hydroxylation is 1. The van der Waals surface area contributed by atoms with Gasteiger partial charge in [0.05, 0.1) is 11.0 Å². The van der Waals surface area contributed by atoms with E-state index in [1.807, 2.05) is 30.3 Å². The van der Waals surface area contributed by atoms with E-state index in [9.17, 15) is 0 Å². The smallest absolute Gasteiger partial charge is 0.138 e. The Bertz CT molecular complexity index is 686. The number of hydrogen-bond donors (Lipinski definition) is 1. The van der Waals surface area contributed by atoms with E-state index in [2.05, 4.69) is 29.0 Å². The Morgan fingerprint density at radius 2 is 2.00 bits per heavy atom. The molecular formula is C14H11ClN2. The first-order chi connectivity index (χ1) is 8.22. The molecule has 0 spiro atoms. The number of aromatic amines is 1. The summed E-state index contributed by atoms with van der Waals surface area (Å²) in [6.07, 6.45) is 0. The van der Waals surface area contributed by atoms with Gasteiger partial charge in [0, 0.05) is 10.6 Å². The maximum Gasteiger partial charge on any atom is 0.138 e. The van der Waals surface area contributed by atoms with Gasteiger partial charge in [-0.3, -0.25) is 0 Å². The van der Waals surface area contributed by atoms with Crippen molar-refractivity contribution in [2.75, 3.05) is 0 Å². The lowest BCUT2D eigenvalue weighted by atomic mass is 10.1. The van der Waals surface area contributed by atoms with Crippen LogP contribution in [-0.4, -0.2) is 9.97 Å². The molecule has 1 aromatic heterocycles. The lowest BCUT2D eigenvalue weighted by Crippen LogP contribution is -1.80. The largest absolute Gasteiger partial charge is 0.338 e. The third kappa shape index (κ3) is 1.92. The molecule has 0 saturated heterocycles. The summed E-state index contributed by atoms with van der Waals surface area (Å²) < 4.78 is 0. The number of nitrogens with one attached hydrogen (secondary N) is 1. The molecule has 3 rings (SSSR count). The fourth-order valence-electron chi connectivity index (χ4n) is 1.91. The van der Waals surface area contributed by atoms with E-state index in [4.69, 9.17) is 11.6 Å². The van der Waals surface area contributed by atoms with Crippen LogP contribution < -0.4 is 0 Å². The molecule has 3 heteroatoms. The predicted molar refractivity (Wildman–Crippen MR) is 71.3 cm³/mol. The molecule has 0 bridgehead atoms. The van der Waals surface area contributed by atoms with Crippen molar-refractivity contribution in [3.63, 3.8) is 0 Å². The summed E-state index contributed by atoms with van der Waals surface area (Å²) in [6, 6.07) is 13.9. The van der Waals surface area contributed by atoms with Crippen molar-refractivity contribution in [2.24, 2.45) is 0 Å². The molecular weight excluding hydrogens is 232 g/mol. The SMILES string of the molecule is Cc1cccc(-c2nc3ccc(Cl)cc3[nH]2)c1. The highest BCUT2D eigenvalue weighted by atomic mass is 35.5. The van der Waals surface area contributed by atoms with E-state index in [0.29, 0.717) is 0 Å². The van der Waals surface area contributed by atoms with Crippen molar-refractivity contribution in [3.8, 4) is 11.4 Å². The van der Waals surface area contributed by atoms with Crippen LogP contribution in [-0.2, 0) is 0 Å². The van der Waals surface area contributed by atoms with Crippen molar-refractivity contribution in [1.29, 1.82) is 0 Å². The first-order valence-corrected chi connectivity index (χ1v) is 5.82. The summed E-state index contributed by atoms with van der Waals surface area (Å²) in [5.41, 5.74) is 4.22. The number of imidazole rings is 1. The highest BCUT2D eigenvalue weighted by molar-refractivity contribution is 6.31. The van der Waals surface area contributed by atoms with Gasteiger partial charge in [0.15, 0.2) is 0 Å². The zero-order valence-electron chi connectivity index (χ0n) is 9.37. The van der Waals surface area contributed by atoms with Gasteiger partial charge in [-0.2, -0.15) is 0 Å². The molecule has 1 N–H and O–H groups in total. The molecule has 0 fully saturated rings. The molecule has 0 amide bonds. The Kier molecular flexibility index (Phi) is 2.37. The molecule has 0 aliphatic heterocycles. The zero-order valence-corrected chi connectivity index (χ0v) is 10.1. The Labute approximate surface area is 104 Å². The van der Waals surface area contributed by atoms with Crippen molar-refractivity contribution in [2.45, 2.75) is 6.92 Å². The molecule has 0 saturated carbocycles. The zero-order chi connectivity index (χ0) is 11.8. The summed E-state index contributed by atoms with van der Waals surface area (Å²) >= 11 is 5.95. The number of hydrogen-bond acceptors (Lipinski definition) is 1. The minimum Gasteiger partial charge on any atom is -0.338 e. The van der Waals surface area contributed by atoms with E-state index in [1.54, 1.807) is 0 Å². The molecule has 2 nitrogen and oxygen atoms in total. The van der Waals surface area contributed by atoms with Gasteiger partial charge in [0.25, 0.3) is 0 Å².